The quantitative estimate of drug-likeness (QED) is 0.877. The van der Waals surface area contributed by atoms with Crippen molar-refractivity contribution >= 4 is 10.9 Å². The summed E-state index contributed by atoms with van der Waals surface area (Å²) in [6.45, 7) is 2.70. The molecule has 1 aromatic carbocycles. The zero-order valence-corrected chi connectivity index (χ0v) is 11.4. The molecule has 0 saturated carbocycles. The molecule has 1 aliphatic heterocycles. The van der Waals surface area contributed by atoms with E-state index < -0.39 is 19.0 Å². The van der Waals surface area contributed by atoms with E-state index in [9.17, 15) is 13.7 Å². The van der Waals surface area contributed by atoms with E-state index in [1.807, 2.05) is 24.3 Å². The maximum atomic E-state index is 13.6. The van der Waals surface area contributed by atoms with Crippen molar-refractivity contribution in [3.63, 3.8) is 0 Å². The Morgan fingerprint density at radius 3 is 2.90 bits per heavy atom. The highest BCUT2D eigenvalue weighted by atomic mass is 19.3. The van der Waals surface area contributed by atoms with Crippen molar-refractivity contribution in [3.8, 4) is 0 Å². The Morgan fingerprint density at radius 1 is 1.38 bits per heavy atom. The van der Waals surface area contributed by atoms with E-state index in [1.54, 1.807) is 0 Å². The molecule has 0 atom stereocenters. The summed E-state index contributed by atoms with van der Waals surface area (Å²) < 4.78 is 27.2. The molecule has 0 spiro atoms. The number of allylic oxidation sites excluding steroid dienone is 1. The lowest BCUT2D eigenvalue weighted by Gasteiger charge is -2.33. The Bertz CT molecular complexity index is 708. The fourth-order valence-electron chi connectivity index (χ4n) is 2.80. The maximum absolute atomic E-state index is 13.6. The SMILES string of the molecule is C=C1Cc2c([nH]c3ccccc23)CN1CC(F)(F)CN=O. The van der Waals surface area contributed by atoms with Gasteiger partial charge in [0.15, 0.2) is 0 Å². The summed E-state index contributed by atoms with van der Waals surface area (Å²) in [5.74, 6) is -3.13. The number of nitroso groups, excluding NO2 is 1. The molecule has 0 bridgehead atoms. The fourth-order valence-corrected chi connectivity index (χ4v) is 2.80. The number of H-pyrrole nitrogens is 1. The number of halogens is 2. The fraction of sp³-hybridized carbons (Fsp3) is 0.333. The maximum Gasteiger partial charge on any atom is 0.287 e. The lowest BCUT2D eigenvalue weighted by molar-refractivity contribution is -0.0185. The standard InChI is InChI=1S/C15H15F2N3O/c1-10-6-12-11-4-2-3-5-13(11)19-14(12)7-20(10)9-15(16,17)8-18-21/h2-5,19H,1,6-9H2. The number of fused-ring (bicyclic) bond motifs is 3. The first-order chi connectivity index (χ1) is 10.00. The van der Waals surface area contributed by atoms with Crippen molar-refractivity contribution < 1.29 is 8.78 Å². The first-order valence-corrected chi connectivity index (χ1v) is 6.68. The molecule has 1 aromatic heterocycles. The summed E-state index contributed by atoms with van der Waals surface area (Å²) >= 11 is 0. The van der Waals surface area contributed by atoms with Crippen molar-refractivity contribution in [2.75, 3.05) is 13.1 Å². The van der Waals surface area contributed by atoms with Gasteiger partial charge in [-0.1, -0.05) is 30.0 Å². The Labute approximate surface area is 120 Å². The molecular formula is C15H15F2N3O. The van der Waals surface area contributed by atoms with E-state index in [0.29, 0.717) is 18.7 Å². The number of para-hydroxylation sites is 1. The van der Waals surface area contributed by atoms with Gasteiger partial charge in [-0.25, -0.2) is 8.78 Å². The van der Waals surface area contributed by atoms with Gasteiger partial charge in [0.2, 0.25) is 0 Å². The molecule has 1 aliphatic rings. The molecule has 4 nitrogen and oxygen atoms in total. The number of aromatic amines is 1. The Hall–Kier alpha value is -2.24. The van der Waals surface area contributed by atoms with Crippen LogP contribution in [-0.4, -0.2) is 28.9 Å². The van der Waals surface area contributed by atoms with Gasteiger partial charge >= 0.3 is 0 Å². The van der Waals surface area contributed by atoms with E-state index in [2.05, 4.69) is 16.7 Å². The van der Waals surface area contributed by atoms with Crippen molar-refractivity contribution in [2.24, 2.45) is 5.18 Å². The van der Waals surface area contributed by atoms with Gasteiger partial charge in [0.25, 0.3) is 5.92 Å². The third-order valence-corrected chi connectivity index (χ3v) is 3.80. The molecule has 0 fully saturated rings. The molecule has 0 unspecified atom stereocenters. The van der Waals surface area contributed by atoms with E-state index in [-0.39, 0.29) is 0 Å². The van der Waals surface area contributed by atoms with Crippen molar-refractivity contribution in [2.45, 2.75) is 18.9 Å². The lowest BCUT2D eigenvalue weighted by Crippen LogP contribution is -2.40. The predicted octanol–water partition coefficient (Wildman–Crippen LogP) is 3.44. The average Bonchev–Trinajstić information content (AvgIpc) is 2.76. The molecule has 2 aromatic rings. The van der Waals surface area contributed by atoms with Gasteiger partial charge in [-0.15, -0.1) is 0 Å². The minimum atomic E-state index is -3.13. The molecule has 1 N–H and O–H groups in total. The van der Waals surface area contributed by atoms with Crippen LogP contribution in [0.4, 0.5) is 8.78 Å². The highest BCUT2D eigenvalue weighted by Crippen LogP contribution is 2.32. The second-order valence-corrected chi connectivity index (χ2v) is 5.37. The topological polar surface area (TPSA) is 48.5 Å². The van der Waals surface area contributed by atoms with Gasteiger partial charge in [0.1, 0.15) is 6.54 Å². The molecule has 0 aliphatic carbocycles. The van der Waals surface area contributed by atoms with Crippen molar-refractivity contribution in [3.05, 3.63) is 52.7 Å². The zero-order chi connectivity index (χ0) is 15.0. The van der Waals surface area contributed by atoms with Crippen LogP contribution >= 0.6 is 0 Å². The summed E-state index contributed by atoms with van der Waals surface area (Å²) in [6, 6.07) is 7.86. The van der Waals surface area contributed by atoms with Crippen LogP contribution in [0, 0.1) is 4.91 Å². The van der Waals surface area contributed by atoms with Gasteiger partial charge in [-0.3, -0.25) is 0 Å². The van der Waals surface area contributed by atoms with E-state index in [0.717, 1.165) is 22.2 Å². The zero-order valence-electron chi connectivity index (χ0n) is 11.4. The largest absolute Gasteiger partial charge is 0.363 e. The highest BCUT2D eigenvalue weighted by Gasteiger charge is 2.35. The molecule has 110 valence electrons. The van der Waals surface area contributed by atoms with Crippen LogP contribution in [0.15, 0.2) is 41.7 Å². The molecule has 0 radical (unpaired) electrons. The molecule has 0 saturated heterocycles. The third-order valence-electron chi connectivity index (χ3n) is 3.80. The normalized spacial score (nSPS) is 15.3. The van der Waals surface area contributed by atoms with Crippen LogP contribution in [0.5, 0.6) is 0 Å². The number of nitrogens with zero attached hydrogens (tertiary/aromatic N) is 2. The van der Waals surface area contributed by atoms with Crippen molar-refractivity contribution in [1.82, 2.24) is 9.88 Å². The Morgan fingerprint density at radius 2 is 2.14 bits per heavy atom. The molecule has 0 amide bonds. The average molecular weight is 291 g/mol. The smallest absolute Gasteiger partial charge is 0.287 e. The second-order valence-electron chi connectivity index (χ2n) is 5.37. The number of rotatable bonds is 4. The lowest BCUT2D eigenvalue weighted by atomic mass is 10.0. The van der Waals surface area contributed by atoms with Gasteiger partial charge in [0, 0.05) is 28.7 Å². The molecule has 6 heteroatoms. The first kappa shape index (κ1) is 13.7. The van der Waals surface area contributed by atoms with Crippen LogP contribution in [0.2, 0.25) is 0 Å². The number of alkyl halides is 2. The number of benzene rings is 1. The second kappa shape index (κ2) is 4.95. The summed E-state index contributed by atoms with van der Waals surface area (Å²) in [4.78, 5) is 14.9. The van der Waals surface area contributed by atoms with Gasteiger partial charge in [-0.05, 0) is 11.6 Å². The van der Waals surface area contributed by atoms with Gasteiger partial charge < -0.3 is 9.88 Å². The summed E-state index contributed by atoms with van der Waals surface area (Å²) in [7, 11) is 0. The van der Waals surface area contributed by atoms with Crippen LogP contribution in [-0.2, 0) is 13.0 Å². The minimum Gasteiger partial charge on any atom is -0.363 e. The molecule has 3 rings (SSSR count). The monoisotopic (exact) mass is 291 g/mol. The van der Waals surface area contributed by atoms with E-state index in [4.69, 9.17) is 0 Å². The van der Waals surface area contributed by atoms with Crippen LogP contribution in [0.3, 0.4) is 0 Å². The first-order valence-electron chi connectivity index (χ1n) is 6.68. The van der Waals surface area contributed by atoms with Crippen LogP contribution < -0.4 is 0 Å². The van der Waals surface area contributed by atoms with Crippen LogP contribution in [0.1, 0.15) is 11.3 Å². The number of aromatic nitrogens is 1. The minimum absolute atomic E-state index is 0.345. The summed E-state index contributed by atoms with van der Waals surface area (Å²) in [6.07, 6.45) is 0.532. The molecular weight excluding hydrogens is 276 g/mol. The van der Waals surface area contributed by atoms with E-state index >= 15 is 0 Å². The van der Waals surface area contributed by atoms with Gasteiger partial charge in [0.05, 0.1) is 13.1 Å². The van der Waals surface area contributed by atoms with E-state index in [1.165, 1.54) is 4.90 Å². The predicted molar refractivity (Wildman–Crippen MR) is 77.2 cm³/mol. The summed E-state index contributed by atoms with van der Waals surface area (Å²) in [5.41, 5.74) is 3.68. The Kier molecular flexibility index (Phi) is 3.23. The molecule has 2 heterocycles. The highest BCUT2D eigenvalue weighted by molar-refractivity contribution is 5.85. The molecule has 21 heavy (non-hydrogen) atoms. The number of nitrogens with one attached hydrogen (secondary N) is 1. The Balaban J connectivity index is 1.89. The third kappa shape index (κ3) is 2.53. The van der Waals surface area contributed by atoms with Crippen LogP contribution in [0.25, 0.3) is 10.9 Å². The summed E-state index contributed by atoms with van der Waals surface area (Å²) in [5, 5.41) is 3.42. The van der Waals surface area contributed by atoms with Crippen molar-refractivity contribution in [1.29, 1.82) is 0 Å². The van der Waals surface area contributed by atoms with Gasteiger partial charge in [-0.2, -0.15) is 4.91 Å². The number of hydrogen-bond acceptors (Lipinski definition) is 3. The number of hydrogen-bond donors (Lipinski definition) is 1.